The second-order valence-corrected chi connectivity index (χ2v) is 4.32. The van der Waals surface area contributed by atoms with E-state index in [-0.39, 0.29) is 36.8 Å². The first kappa shape index (κ1) is 17.2. The molecule has 0 radical (unpaired) electrons. The Bertz CT molecular complexity index is 397. The number of pyridine rings is 1. The van der Waals surface area contributed by atoms with Crippen LogP contribution in [-0.2, 0) is 0 Å². The van der Waals surface area contributed by atoms with Gasteiger partial charge in [0.15, 0.2) is 0 Å². The predicted molar refractivity (Wildman–Crippen MR) is 76.5 cm³/mol. The van der Waals surface area contributed by atoms with Gasteiger partial charge < -0.3 is 11.1 Å². The smallest absolute Gasteiger partial charge is 0.270 e. The fourth-order valence-corrected chi connectivity index (χ4v) is 1.78. The van der Waals surface area contributed by atoms with E-state index in [1.807, 2.05) is 19.1 Å². The number of hydrogen-bond acceptors (Lipinski definition) is 3. The van der Waals surface area contributed by atoms with E-state index < -0.39 is 0 Å². The predicted octanol–water partition coefficient (Wildman–Crippen LogP) is 1.70. The van der Waals surface area contributed by atoms with E-state index in [0.717, 1.165) is 5.69 Å². The van der Waals surface area contributed by atoms with Gasteiger partial charge in [0.25, 0.3) is 5.91 Å². The topological polar surface area (TPSA) is 68.0 Å². The lowest BCUT2D eigenvalue weighted by molar-refractivity contribution is 0.0928. The first-order valence-electron chi connectivity index (χ1n) is 5.65. The van der Waals surface area contributed by atoms with Crippen molar-refractivity contribution < 1.29 is 4.79 Å². The molecular formula is C12H19Cl2N3O. The van der Waals surface area contributed by atoms with Gasteiger partial charge in [-0.1, -0.05) is 6.07 Å². The van der Waals surface area contributed by atoms with Crippen molar-refractivity contribution in [3.05, 3.63) is 29.6 Å². The number of nitrogens with two attached hydrogens (primary N) is 1. The van der Waals surface area contributed by atoms with Crippen LogP contribution < -0.4 is 11.1 Å². The normalized spacial score (nSPS) is 15.0. The summed E-state index contributed by atoms with van der Waals surface area (Å²) in [5.41, 5.74) is 6.96. The molecule has 0 spiro atoms. The molecule has 1 aromatic rings. The van der Waals surface area contributed by atoms with Crippen molar-refractivity contribution in [2.45, 2.75) is 25.8 Å². The Labute approximate surface area is 120 Å². The van der Waals surface area contributed by atoms with Crippen LogP contribution in [0, 0.1) is 12.8 Å². The highest BCUT2D eigenvalue weighted by molar-refractivity contribution is 5.92. The molecule has 1 aromatic heterocycles. The van der Waals surface area contributed by atoms with Crippen LogP contribution in [0.1, 0.15) is 29.0 Å². The van der Waals surface area contributed by atoms with Crippen LogP contribution >= 0.6 is 24.8 Å². The van der Waals surface area contributed by atoms with Gasteiger partial charge in [-0.2, -0.15) is 0 Å². The summed E-state index contributed by atoms with van der Waals surface area (Å²) in [6.45, 7) is 2.38. The summed E-state index contributed by atoms with van der Waals surface area (Å²) in [4.78, 5) is 16.1. The Kier molecular flexibility index (Phi) is 7.21. The minimum absolute atomic E-state index is 0. The summed E-state index contributed by atoms with van der Waals surface area (Å²) in [7, 11) is 0. The van der Waals surface area contributed by atoms with Gasteiger partial charge in [0.05, 0.1) is 0 Å². The average Bonchev–Trinajstić information content (AvgIpc) is 3.09. The van der Waals surface area contributed by atoms with Crippen LogP contribution in [0.15, 0.2) is 18.2 Å². The van der Waals surface area contributed by atoms with Crippen LogP contribution in [0.5, 0.6) is 0 Å². The standard InChI is InChI=1S/C12H17N3O.2ClH/c1-8-3-2-4-10(14-8)12(16)15-11(7-13)9-5-6-9;;/h2-4,9,11H,5-7,13H2,1H3,(H,15,16);2*1H. The Morgan fingerprint density at radius 3 is 2.67 bits per heavy atom. The SMILES string of the molecule is Cc1cccc(C(=O)NC(CN)C2CC2)n1.Cl.Cl. The summed E-state index contributed by atoms with van der Waals surface area (Å²) in [6, 6.07) is 5.54. The van der Waals surface area contributed by atoms with Crippen molar-refractivity contribution in [3.63, 3.8) is 0 Å². The summed E-state index contributed by atoms with van der Waals surface area (Å²) in [5, 5.41) is 2.95. The number of amides is 1. The molecule has 1 aliphatic rings. The molecular weight excluding hydrogens is 273 g/mol. The zero-order valence-corrected chi connectivity index (χ0v) is 11.9. The summed E-state index contributed by atoms with van der Waals surface area (Å²) < 4.78 is 0. The minimum Gasteiger partial charge on any atom is -0.346 e. The molecule has 1 fully saturated rings. The molecule has 1 atom stereocenters. The van der Waals surface area contributed by atoms with E-state index in [1.165, 1.54) is 12.8 Å². The molecule has 1 heterocycles. The van der Waals surface area contributed by atoms with Crippen molar-refractivity contribution in [2.75, 3.05) is 6.54 Å². The molecule has 1 unspecified atom stereocenters. The molecule has 0 aliphatic heterocycles. The lowest BCUT2D eigenvalue weighted by Gasteiger charge is -2.15. The molecule has 3 N–H and O–H groups in total. The minimum atomic E-state index is -0.119. The van der Waals surface area contributed by atoms with Crippen LogP contribution in [0.4, 0.5) is 0 Å². The van der Waals surface area contributed by atoms with E-state index in [2.05, 4.69) is 10.3 Å². The van der Waals surface area contributed by atoms with Gasteiger partial charge in [0.1, 0.15) is 5.69 Å². The molecule has 0 aromatic carbocycles. The van der Waals surface area contributed by atoms with Gasteiger partial charge in [-0.05, 0) is 37.8 Å². The third-order valence-electron chi connectivity index (χ3n) is 2.88. The molecule has 0 saturated heterocycles. The number of nitrogens with one attached hydrogen (secondary N) is 1. The highest BCUT2D eigenvalue weighted by atomic mass is 35.5. The van der Waals surface area contributed by atoms with Gasteiger partial charge in [-0.3, -0.25) is 4.79 Å². The maximum Gasteiger partial charge on any atom is 0.270 e. The van der Waals surface area contributed by atoms with E-state index in [1.54, 1.807) is 6.07 Å². The number of halogens is 2. The van der Waals surface area contributed by atoms with Gasteiger partial charge in [0, 0.05) is 18.3 Å². The number of carbonyl (C=O) groups is 1. The van der Waals surface area contributed by atoms with Crippen molar-refractivity contribution in [1.82, 2.24) is 10.3 Å². The first-order valence-corrected chi connectivity index (χ1v) is 5.65. The Morgan fingerprint density at radius 1 is 1.50 bits per heavy atom. The van der Waals surface area contributed by atoms with Crippen LogP contribution in [0.25, 0.3) is 0 Å². The summed E-state index contributed by atoms with van der Waals surface area (Å²) >= 11 is 0. The molecule has 1 amide bonds. The number of aryl methyl sites for hydroxylation is 1. The molecule has 0 bridgehead atoms. The molecule has 4 nitrogen and oxygen atoms in total. The number of rotatable bonds is 4. The molecule has 102 valence electrons. The van der Waals surface area contributed by atoms with E-state index in [9.17, 15) is 4.79 Å². The molecule has 1 aliphatic carbocycles. The summed E-state index contributed by atoms with van der Waals surface area (Å²) in [6.07, 6.45) is 2.34. The van der Waals surface area contributed by atoms with E-state index in [0.29, 0.717) is 18.2 Å². The van der Waals surface area contributed by atoms with Crippen molar-refractivity contribution in [2.24, 2.45) is 11.7 Å². The highest BCUT2D eigenvalue weighted by Crippen LogP contribution is 2.32. The fraction of sp³-hybridized carbons (Fsp3) is 0.500. The molecule has 2 rings (SSSR count). The lowest BCUT2D eigenvalue weighted by Crippen LogP contribution is -2.42. The number of carbonyl (C=O) groups excluding carboxylic acids is 1. The van der Waals surface area contributed by atoms with Crippen molar-refractivity contribution in [3.8, 4) is 0 Å². The molecule has 1 saturated carbocycles. The fourth-order valence-electron chi connectivity index (χ4n) is 1.78. The number of hydrogen-bond donors (Lipinski definition) is 2. The monoisotopic (exact) mass is 291 g/mol. The van der Waals surface area contributed by atoms with Gasteiger partial charge in [-0.15, -0.1) is 24.8 Å². The first-order chi connectivity index (χ1) is 7.70. The second-order valence-electron chi connectivity index (χ2n) is 4.32. The van der Waals surface area contributed by atoms with E-state index >= 15 is 0 Å². The van der Waals surface area contributed by atoms with Crippen LogP contribution in [0.3, 0.4) is 0 Å². The largest absolute Gasteiger partial charge is 0.346 e. The molecule has 18 heavy (non-hydrogen) atoms. The quantitative estimate of drug-likeness (QED) is 0.887. The van der Waals surface area contributed by atoms with Crippen LogP contribution in [-0.4, -0.2) is 23.5 Å². The van der Waals surface area contributed by atoms with Crippen molar-refractivity contribution >= 4 is 30.7 Å². The average molecular weight is 292 g/mol. The maximum absolute atomic E-state index is 11.9. The maximum atomic E-state index is 11.9. The Morgan fingerprint density at radius 2 is 2.17 bits per heavy atom. The zero-order chi connectivity index (χ0) is 11.5. The lowest BCUT2D eigenvalue weighted by atomic mass is 10.2. The third kappa shape index (κ3) is 4.44. The zero-order valence-electron chi connectivity index (χ0n) is 10.3. The van der Waals surface area contributed by atoms with Gasteiger partial charge in [-0.25, -0.2) is 4.98 Å². The Hall–Kier alpha value is -0.840. The highest BCUT2D eigenvalue weighted by Gasteiger charge is 2.31. The van der Waals surface area contributed by atoms with E-state index in [4.69, 9.17) is 5.73 Å². The number of nitrogens with zero attached hydrogens (tertiary/aromatic N) is 1. The van der Waals surface area contributed by atoms with Crippen LogP contribution in [0.2, 0.25) is 0 Å². The Balaban J connectivity index is 0.00000144. The van der Waals surface area contributed by atoms with Gasteiger partial charge >= 0.3 is 0 Å². The number of aromatic nitrogens is 1. The summed E-state index contributed by atoms with van der Waals surface area (Å²) in [5.74, 6) is 0.449. The van der Waals surface area contributed by atoms with Gasteiger partial charge in [0.2, 0.25) is 0 Å². The third-order valence-corrected chi connectivity index (χ3v) is 2.88. The second kappa shape index (κ2) is 7.56. The van der Waals surface area contributed by atoms with Crippen molar-refractivity contribution in [1.29, 1.82) is 0 Å². The molecule has 6 heteroatoms.